The second-order valence-corrected chi connectivity index (χ2v) is 8.66. The molecular formula is C23H26BrClN4O2. The van der Waals surface area contributed by atoms with Gasteiger partial charge < -0.3 is 10.2 Å². The number of aryl methyl sites for hydroxylation is 1. The summed E-state index contributed by atoms with van der Waals surface area (Å²) in [6, 6.07) is 7.36. The van der Waals surface area contributed by atoms with E-state index in [-0.39, 0.29) is 11.8 Å². The van der Waals surface area contributed by atoms with Crippen LogP contribution in [0.25, 0.3) is 0 Å². The van der Waals surface area contributed by atoms with Gasteiger partial charge in [0.2, 0.25) is 5.91 Å². The molecule has 1 aliphatic rings. The van der Waals surface area contributed by atoms with Crippen LogP contribution in [0, 0.1) is 0 Å². The second-order valence-electron chi connectivity index (χ2n) is 7.31. The second kappa shape index (κ2) is 10.9. The van der Waals surface area contributed by atoms with E-state index < -0.39 is 6.04 Å². The van der Waals surface area contributed by atoms with Crippen molar-refractivity contribution in [3.05, 3.63) is 75.1 Å². The van der Waals surface area contributed by atoms with Crippen molar-refractivity contribution in [2.24, 2.45) is 0 Å². The first-order valence-corrected chi connectivity index (χ1v) is 11.5. The third-order valence-electron chi connectivity index (χ3n) is 5.22. The lowest BCUT2D eigenvalue weighted by Gasteiger charge is -2.28. The largest absolute Gasteiger partial charge is 0.355 e. The van der Waals surface area contributed by atoms with Gasteiger partial charge in [-0.05, 0) is 48.7 Å². The number of nitrogens with one attached hydrogen (secondary N) is 1. The number of pyridine rings is 1. The van der Waals surface area contributed by atoms with E-state index in [2.05, 4.69) is 50.2 Å². The van der Waals surface area contributed by atoms with E-state index in [1.54, 1.807) is 23.2 Å². The molecule has 0 saturated heterocycles. The molecule has 0 spiro atoms. The molecule has 31 heavy (non-hydrogen) atoms. The lowest BCUT2D eigenvalue weighted by atomic mass is 10.0. The summed E-state index contributed by atoms with van der Waals surface area (Å²) < 4.78 is 1.04. The molecule has 2 aromatic rings. The van der Waals surface area contributed by atoms with Gasteiger partial charge in [0.1, 0.15) is 6.04 Å². The van der Waals surface area contributed by atoms with Crippen LogP contribution in [0.4, 0.5) is 0 Å². The van der Waals surface area contributed by atoms with Crippen LogP contribution in [-0.4, -0.2) is 52.3 Å². The molecule has 0 unspecified atom stereocenters. The smallest absolute Gasteiger partial charge is 0.259 e. The van der Waals surface area contributed by atoms with Gasteiger partial charge in [0.25, 0.3) is 5.91 Å². The van der Waals surface area contributed by atoms with E-state index in [1.165, 1.54) is 23.5 Å². The maximum atomic E-state index is 13.0. The van der Waals surface area contributed by atoms with Crippen molar-refractivity contribution in [1.29, 1.82) is 0 Å². The summed E-state index contributed by atoms with van der Waals surface area (Å²) in [6.07, 6.45) is 7.38. The van der Waals surface area contributed by atoms with Gasteiger partial charge in [-0.15, -0.1) is 0 Å². The molecule has 2 amide bonds. The van der Waals surface area contributed by atoms with Crippen LogP contribution in [0.15, 0.2) is 53.4 Å². The van der Waals surface area contributed by atoms with Crippen LogP contribution in [0.1, 0.15) is 35.3 Å². The van der Waals surface area contributed by atoms with Crippen molar-refractivity contribution < 1.29 is 9.59 Å². The number of carbonyl (C=O) groups is 2. The quantitative estimate of drug-likeness (QED) is 0.644. The molecule has 3 rings (SSSR count). The number of carbonyl (C=O) groups excluding carboxylic acids is 2. The number of amides is 2. The van der Waals surface area contributed by atoms with Crippen molar-refractivity contribution in [2.45, 2.75) is 32.9 Å². The fraction of sp³-hybridized carbons (Fsp3) is 0.348. The summed E-state index contributed by atoms with van der Waals surface area (Å²) in [6.45, 7) is 6.18. The predicted molar refractivity (Wildman–Crippen MR) is 126 cm³/mol. The monoisotopic (exact) mass is 504 g/mol. The highest BCUT2D eigenvalue weighted by Crippen LogP contribution is 2.22. The summed E-state index contributed by atoms with van der Waals surface area (Å²) in [5.74, 6) is -0.270. The maximum absolute atomic E-state index is 13.0. The number of hydrogen-bond donors (Lipinski definition) is 1. The van der Waals surface area contributed by atoms with Gasteiger partial charge in [-0.1, -0.05) is 40.5 Å². The van der Waals surface area contributed by atoms with Gasteiger partial charge in [-0.3, -0.25) is 19.5 Å². The van der Waals surface area contributed by atoms with Crippen molar-refractivity contribution in [3.8, 4) is 0 Å². The topological polar surface area (TPSA) is 65.5 Å². The molecule has 0 radical (unpaired) electrons. The summed E-state index contributed by atoms with van der Waals surface area (Å²) in [4.78, 5) is 33.5. The zero-order valence-electron chi connectivity index (χ0n) is 17.6. The Kier molecular flexibility index (Phi) is 8.23. The Hall–Kier alpha value is -2.22. The fourth-order valence-electron chi connectivity index (χ4n) is 3.63. The highest BCUT2D eigenvalue weighted by molar-refractivity contribution is 9.10. The third kappa shape index (κ3) is 5.93. The Balaban J connectivity index is 1.85. The predicted octanol–water partition coefficient (Wildman–Crippen LogP) is 4.04. The minimum Gasteiger partial charge on any atom is -0.355 e. The first-order valence-electron chi connectivity index (χ1n) is 10.3. The summed E-state index contributed by atoms with van der Waals surface area (Å²) >= 11 is 9.53. The summed E-state index contributed by atoms with van der Waals surface area (Å²) in [5, 5.41) is 3.32. The van der Waals surface area contributed by atoms with Crippen LogP contribution < -0.4 is 5.32 Å². The van der Waals surface area contributed by atoms with Crippen LogP contribution in [0.2, 0.25) is 5.02 Å². The van der Waals surface area contributed by atoms with Crippen LogP contribution in [0.3, 0.4) is 0 Å². The van der Waals surface area contributed by atoms with E-state index >= 15 is 0 Å². The number of hydrogen-bond acceptors (Lipinski definition) is 4. The minimum atomic E-state index is -0.469. The molecule has 0 bridgehead atoms. The van der Waals surface area contributed by atoms with Crippen molar-refractivity contribution >= 4 is 39.3 Å². The van der Waals surface area contributed by atoms with Gasteiger partial charge in [-0.2, -0.15) is 0 Å². The fourth-order valence-corrected chi connectivity index (χ4v) is 4.21. The van der Waals surface area contributed by atoms with Crippen LogP contribution in [0.5, 0.6) is 0 Å². The highest BCUT2D eigenvalue weighted by atomic mass is 79.9. The van der Waals surface area contributed by atoms with E-state index in [0.717, 1.165) is 10.9 Å². The van der Waals surface area contributed by atoms with E-state index in [1.807, 2.05) is 13.0 Å². The Labute approximate surface area is 196 Å². The molecule has 1 aromatic carbocycles. The van der Waals surface area contributed by atoms with Crippen LogP contribution in [-0.2, 0) is 17.8 Å². The molecule has 1 aliphatic heterocycles. The number of benzene rings is 1. The number of rotatable bonds is 6. The van der Waals surface area contributed by atoms with Crippen molar-refractivity contribution in [2.75, 3.05) is 19.6 Å². The molecule has 1 atom stereocenters. The van der Waals surface area contributed by atoms with E-state index in [9.17, 15) is 9.59 Å². The number of halogens is 2. The molecule has 2 heterocycles. The SMILES string of the molecule is CCNC(=O)[C@H]1C=CN(C(=O)c2cncc(Cl)c2)CCN1Cc1ccc(Br)cc1CC. The Bertz CT molecular complexity index is 982. The normalized spacial score (nSPS) is 16.8. The van der Waals surface area contributed by atoms with Crippen LogP contribution >= 0.6 is 27.5 Å². The summed E-state index contributed by atoms with van der Waals surface area (Å²) in [5.41, 5.74) is 2.82. The molecule has 0 saturated carbocycles. The molecule has 1 N–H and O–H groups in total. The van der Waals surface area contributed by atoms with Crippen molar-refractivity contribution in [3.63, 3.8) is 0 Å². The lowest BCUT2D eigenvalue weighted by molar-refractivity contribution is -0.124. The first-order chi connectivity index (χ1) is 14.9. The zero-order chi connectivity index (χ0) is 22.4. The lowest BCUT2D eigenvalue weighted by Crippen LogP contribution is -2.46. The Morgan fingerprint density at radius 3 is 2.71 bits per heavy atom. The molecular weight excluding hydrogens is 480 g/mol. The third-order valence-corrected chi connectivity index (χ3v) is 5.92. The maximum Gasteiger partial charge on any atom is 0.259 e. The molecule has 164 valence electrons. The van der Waals surface area contributed by atoms with Crippen molar-refractivity contribution in [1.82, 2.24) is 20.1 Å². The molecule has 6 nitrogen and oxygen atoms in total. The molecule has 0 aliphatic carbocycles. The average Bonchev–Trinajstić information content (AvgIpc) is 2.97. The average molecular weight is 506 g/mol. The van der Waals surface area contributed by atoms with Gasteiger partial charge in [0.05, 0.1) is 10.6 Å². The highest BCUT2D eigenvalue weighted by Gasteiger charge is 2.28. The number of likely N-dealkylation sites (N-methyl/N-ethyl adjacent to an activating group) is 1. The van der Waals surface area contributed by atoms with Gasteiger partial charge >= 0.3 is 0 Å². The summed E-state index contributed by atoms with van der Waals surface area (Å²) in [7, 11) is 0. The Morgan fingerprint density at radius 2 is 2.00 bits per heavy atom. The molecule has 0 fully saturated rings. The van der Waals surface area contributed by atoms with E-state index in [0.29, 0.717) is 36.8 Å². The number of nitrogens with zero attached hydrogens (tertiary/aromatic N) is 3. The van der Waals surface area contributed by atoms with Gasteiger partial charge in [-0.25, -0.2) is 0 Å². The number of aromatic nitrogens is 1. The van der Waals surface area contributed by atoms with E-state index in [4.69, 9.17) is 11.6 Å². The Morgan fingerprint density at radius 1 is 1.19 bits per heavy atom. The first kappa shape index (κ1) is 23.4. The zero-order valence-corrected chi connectivity index (χ0v) is 20.0. The standard InChI is InChI=1S/C23H26BrClN4O2/c1-3-16-11-19(24)6-5-17(16)15-29-10-9-28(8-7-21(29)22(30)27-4-2)23(31)18-12-20(25)14-26-13-18/h5-8,11-14,21H,3-4,9-10,15H2,1-2H3,(H,27,30)/t21-/m1/s1. The molecule has 1 aromatic heterocycles. The molecule has 8 heteroatoms. The minimum absolute atomic E-state index is 0.0763. The van der Waals surface area contributed by atoms with Gasteiger partial charge in [0.15, 0.2) is 0 Å². The van der Waals surface area contributed by atoms with Gasteiger partial charge in [0, 0.05) is 49.2 Å².